The maximum atomic E-state index is 4.88. The number of benzene rings is 1. The van der Waals surface area contributed by atoms with Crippen molar-refractivity contribution in [1.29, 1.82) is 0 Å². The second-order valence-corrected chi connectivity index (χ2v) is 8.13. The fraction of sp³-hybridized carbons (Fsp3) is 0.179. The van der Waals surface area contributed by atoms with Crippen LogP contribution in [0.3, 0.4) is 0 Å². The van der Waals surface area contributed by atoms with E-state index in [1.807, 2.05) is 48.9 Å². The molecule has 0 aliphatic heterocycles. The Balaban J connectivity index is 1.68. The van der Waals surface area contributed by atoms with Crippen molar-refractivity contribution in [1.82, 2.24) is 29.3 Å². The SMILES string of the molecule is CC=N/C(=C\C)c1nnc(-c2ccncc2)n1-c1ccc(-n2c(CC)c(C)c3ccccc32)cn1. The fourth-order valence-corrected chi connectivity index (χ4v) is 4.57. The molecule has 174 valence electrons. The first kappa shape index (κ1) is 22.4. The third kappa shape index (κ3) is 3.85. The van der Waals surface area contributed by atoms with Crippen LogP contribution < -0.4 is 0 Å². The van der Waals surface area contributed by atoms with Gasteiger partial charge in [-0.2, -0.15) is 0 Å². The molecular formula is C28H27N7. The third-order valence-electron chi connectivity index (χ3n) is 6.18. The Morgan fingerprint density at radius 3 is 2.46 bits per heavy atom. The highest BCUT2D eigenvalue weighted by Gasteiger charge is 2.20. The first-order valence-corrected chi connectivity index (χ1v) is 11.7. The first-order valence-electron chi connectivity index (χ1n) is 11.7. The quantitative estimate of drug-likeness (QED) is 0.291. The summed E-state index contributed by atoms with van der Waals surface area (Å²) in [4.78, 5) is 13.5. The molecule has 0 saturated heterocycles. The highest BCUT2D eigenvalue weighted by atomic mass is 15.3. The summed E-state index contributed by atoms with van der Waals surface area (Å²) in [5.74, 6) is 2.04. The number of nitrogens with zero attached hydrogens (tertiary/aromatic N) is 7. The highest BCUT2D eigenvalue weighted by Crippen LogP contribution is 2.30. The zero-order chi connectivity index (χ0) is 24.4. The van der Waals surface area contributed by atoms with E-state index in [0.29, 0.717) is 11.6 Å². The minimum atomic E-state index is 0.633. The van der Waals surface area contributed by atoms with Gasteiger partial charge in [-0.15, -0.1) is 10.2 Å². The topological polar surface area (TPSA) is 73.8 Å². The van der Waals surface area contributed by atoms with E-state index >= 15 is 0 Å². The Hall–Kier alpha value is -4.39. The Labute approximate surface area is 204 Å². The Morgan fingerprint density at radius 1 is 0.971 bits per heavy atom. The lowest BCUT2D eigenvalue weighted by atomic mass is 10.1. The molecule has 0 unspecified atom stereocenters. The molecule has 0 saturated carbocycles. The second-order valence-electron chi connectivity index (χ2n) is 8.13. The molecule has 7 nitrogen and oxygen atoms in total. The van der Waals surface area contributed by atoms with Crippen molar-refractivity contribution in [2.75, 3.05) is 0 Å². The number of pyridine rings is 2. The van der Waals surface area contributed by atoms with Crippen molar-refractivity contribution in [3.05, 3.63) is 90.3 Å². The molecule has 0 fully saturated rings. The Kier molecular flexibility index (Phi) is 6.06. The van der Waals surface area contributed by atoms with E-state index in [2.05, 4.69) is 68.9 Å². The number of fused-ring (bicyclic) bond motifs is 1. The summed E-state index contributed by atoms with van der Waals surface area (Å²) in [7, 11) is 0. The van der Waals surface area contributed by atoms with Crippen LogP contribution in [0.15, 0.2) is 78.2 Å². The average Bonchev–Trinajstić information content (AvgIpc) is 3.47. The van der Waals surface area contributed by atoms with Gasteiger partial charge < -0.3 is 4.57 Å². The van der Waals surface area contributed by atoms with Crippen LogP contribution in [0.4, 0.5) is 0 Å². The number of aryl methyl sites for hydroxylation is 1. The number of rotatable bonds is 6. The molecule has 0 aliphatic rings. The zero-order valence-electron chi connectivity index (χ0n) is 20.3. The molecular weight excluding hydrogens is 434 g/mol. The lowest BCUT2D eigenvalue weighted by Gasteiger charge is -2.13. The first-order chi connectivity index (χ1) is 17.2. The van der Waals surface area contributed by atoms with Crippen LogP contribution in [0.1, 0.15) is 37.9 Å². The van der Waals surface area contributed by atoms with Gasteiger partial charge in [-0.3, -0.25) is 14.5 Å². The van der Waals surface area contributed by atoms with Crippen LogP contribution >= 0.6 is 0 Å². The van der Waals surface area contributed by atoms with Gasteiger partial charge in [-0.1, -0.05) is 31.2 Å². The molecule has 0 bridgehead atoms. The van der Waals surface area contributed by atoms with Crippen molar-refractivity contribution in [3.63, 3.8) is 0 Å². The standard InChI is InChI=1S/C28H27N7/c1-5-23(30-7-3)28-33-32-27(20-14-16-29-17-15-20)35(28)26-13-12-21(18-31-26)34-24(6-2)19(4)22-10-8-9-11-25(22)34/h5,7-18H,6H2,1-4H3/b23-5-,30-7?. The molecule has 0 radical (unpaired) electrons. The van der Waals surface area contributed by atoms with E-state index in [1.165, 1.54) is 22.2 Å². The Morgan fingerprint density at radius 2 is 1.77 bits per heavy atom. The van der Waals surface area contributed by atoms with Crippen molar-refractivity contribution in [2.24, 2.45) is 4.99 Å². The highest BCUT2D eigenvalue weighted by molar-refractivity contribution is 5.87. The van der Waals surface area contributed by atoms with Crippen LogP contribution in [-0.2, 0) is 6.42 Å². The van der Waals surface area contributed by atoms with Gasteiger partial charge in [0.1, 0.15) is 11.5 Å². The summed E-state index contributed by atoms with van der Waals surface area (Å²) in [6.45, 7) is 8.21. The number of para-hydroxylation sites is 1. The normalized spacial score (nSPS) is 12.2. The van der Waals surface area contributed by atoms with Gasteiger partial charge in [0.05, 0.1) is 17.4 Å². The van der Waals surface area contributed by atoms with Crippen LogP contribution in [0.2, 0.25) is 0 Å². The molecule has 5 rings (SSSR count). The summed E-state index contributed by atoms with van der Waals surface area (Å²) in [5, 5.41) is 10.2. The zero-order valence-corrected chi connectivity index (χ0v) is 20.3. The van der Waals surface area contributed by atoms with Crippen molar-refractivity contribution in [3.8, 4) is 22.9 Å². The maximum absolute atomic E-state index is 4.88. The lowest BCUT2D eigenvalue weighted by Crippen LogP contribution is -2.06. The van der Waals surface area contributed by atoms with Gasteiger partial charge in [0, 0.05) is 35.3 Å². The molecule has 5 aromatic rings. The van der Waals surface area contributed by atoms with E-state index in [0.717, 1.165) is 29.2 Å². The van der Waals surface area contributed by atoms with Gasteiger partial charge in [0.15, 0.2) is 11.6 Å². The van der Waals surface area contributed by atoms with Gasteiger partial charge in [0.2, 0.25) is 0 Å². The van der Waals surface area contributed by atoms with E-state index in [4.69, 9.17) is 4.98 Å². The average molecular weight is 462 g/mol. The smallest absolute Gasteiger partial charge is 0.188 e. The molecule has 35 heavy (non-hydrogen) atoms. The van der Waals surface area contributed by atoms with Gasteiger partial charge in [0.25, 0.3) is 0 Å². The van der Waals surface area contributed by atoms with Crippen LogP contribution in [-0.4, -0.2) is 35.5 Å². The van der Waals surface area contributed by atoms with Gasteiger partial charge >= 0.3 is 0 Å². The van der Waals surface area contributed by atoms with Gasteiger partial charge in [-0.05, 0) is 63.1 Å². The second kappa shape index (κ2) is 9.46. The molecule has 0 N–H and O–H groups in total. The van der Waals surface area contributed by atoms with E-state index in [1.54, 1.807) is 18.6 Å². The van der Waals surface area contributed by atoms with E-state index < -0.39 is 0 Å². The van der Waals surface area contributed by atoms with Crippen molar-refractivity contribution in [2.45, 2.75) is 34.1 Å². The van der Waals surface area contributed by atoms with E-state index in [9.17, 15) is 0 Å². The number of hydrogen-bond acceptors (Lipinski definition) is 5. The molecule has 1 aromatic carbocycles. The van der Waals surface area contributed by atoms with Gasteiger partial charge in [-0.25, -0.2) is 4.98 Å². The summed E-state index contributed by atoms with van der Waals surface area (Å²) >= 11 is 0. The molecule has 0 spiro atoms. The van der Waals surface area contributed by atoms with Crippen LogP contribution in [0.25, 0.3) is 39.5 Å². The minimum Gasteiger partial charge on any atom is -0.312 e. The van der Waals surface area contributed by atoms with Crippen LogP contribution in [0.5, 0.6) is 0 Å². The van der Waals surface area contributed by atoms with Crippen molar-refractivity contribution < 1.29 is 0 Å². The summed E-state index contributed by atoms with van der Waals surface area (Å²) in [6, 6.07) is 16.5. The fourth-order valence-electron chi connectivity index (χ4n) is 4.57. The number of aromatic nitrogens is 6. The minimum absolute atomic E-state index is 0.633. The molecule has 0 aliphatic carbocycles. The number of allylic oxidation sites excluding steroid dienone is 1. The summed E-state index contributed by atoms with van der Waals surface area (Å²) in [6.07, 6.45) is 10.0. The predicted molar refractivity (Wildman–Crippen MR) is 141 cm³/mol. The number of hydrogen-bond donors (Lipinski definition) is 0. The third-order valence-corrected chi connectivity index (χ3v) is 6.18. The van der Waals surface area contributed by atoms with Crippen molar-refractivity contribution >= 4 is 22.8 Å². The summed E-state index contributed by atoms with van der Waals surface area (Å²) < 4.78 is 4.25. The van der Waals surface area contributed by atoms with Crippen LogP contribution in [0, 0.1) is 6.92 Å². The molecule has 4 heterocycles. The molecule has 4 aromatic heterocycles. The molecule has 0 amide bonds. The summed E-state index contributed by atoms with van der Waals surface area (Å²) in [5.41, 5.74) is 6.44. The number of aliphatic imine (C=N–C) groups is 1. The maximum Gasteiger partial charge on any atom is 0.188 e. The monoisotopic (exact) mass is 461 g/mol. The Bertz CT molecular complexity index is 1540. The lowest BCUT2D eigenvalue weighted by molar-refractivity contribution is 0.925. The largest absolute Gasteiger partial charge is 0.312 e. The molecule has 7 heteroatoms. The van der Waals surface area contributed by atoms with E-state index in [-0.39, 0.29) is 0 Å². The predicted octanol–water partition coefficient (Wildman–Crippen LogP) is 5.99. The molecule has 0 atom stereocenters.